The monoisotopic (exact) mass is 337 g/mol. The van der Waals surface area contributed by atoms with E-state index >= 15 is 0 Å². The molecule has 1 amide bonds. The van der Waals surface area contributed by atoms with Gasteiger partial charge in [0.05, 0.1) is 10.6 Å². The van der Waals surface area contributed by atoms with Gasteiger partial charge in [-0.05, 0) is 42.8 Å². The van der Waals surface area contributed by atoms with Crippen LogP contribution in [0.25, 0.3) is 0 Å². The lowest BCUT2D eigenvalue weighted by molar-refractivity contribution is -0.119. The zero-order valence-corrected chi connectivity index (χ0v) is 13.2. The first kappa shape index (κ1) is 16.3. The van der Waals surface area contributed by atoms with Gasteiger partial charge in [0.25, 0.3) is 5.91 Å². The molecule has 2 aromatic rings. The van der Waals surface area contributed by atoms with Crippen molar-refractivity contribution >= 4 is 40.8 Å². The molecule has 0 heterocycles. The molecule has 1 N–H and O–H groups in total. The number of aryl methyl sites for hydroxylation is 1. The van der Waals surface area contributed by atoms with E-state index in [1.165, 1.54) is 6.07 Å². The molecule has 0 radical (unpaired) electrons. The first-order chi connectivity index (χ1) is 10.5. The Morgan fingerprint density at radius 2 is 1.82 bits per heavy atom. The average molecular weight is 338 g/mol. The van der Waals surface area contributed by atoms with Gasteiger partial charge in [0.2, 0.25) is 0 Å². The molecule has 0 spiro atoms. The second-order valence-corrected chi connectivity index (χ2v) is 5.38. The molecule has 114 valence electrons. The SMILES string of the molecule is Cc1cc(NC(=O)COC(=O)c2ccccc2Cl)ccc1Cl. The smallest absolute Gasteiger partial charge is 0.340 e. The van der Waals surface area contributed by atoms with E-state index in [1.807, 2.05) is 6.92 Å². The van der Waals surface area contributed by atoms with Gasteiger partial charge in [-0.2, -0.15) is 0 Å². The van der Waals surface area contributed by atoms with Gasteiger partial charge in [-0.3, -0.25) is 4.79 Å². The Morgan fingerprint density at radius 3 is 2.50 bits per heavy atom. The van der Waals surface area contributed by atoms with Crippen molar-refractivity contribution in [2.45, 2.75) is 6.92 Å². The summed E-state index contributed by atoms with van der Waals surface area (Å²) in [6.07, 6.45) is 0. The Labute approximate surface area is 138 Å². The zero-order chi connectivity index (χ0) is 16.1. The van der Waals surface area contributed by atoms with Crippen LogP contribution in [0.4, 0.5) is 5.69 Å². The predicted molar refractivity (Wildman–Crippen MR) is 86.6 cm³/mol. The Morgan fingerprint density at radius 1 is 1.09 bits per heavy atom. The van der Waals surface area contributed by atoms with Crippen LogP contribution in [-0.4, -0.2) is 18.5 Å². The van der Waals surface area contributed by atoms with Crippen LogP contribution in [0.5, 0.6) is 0 Å². The highest BCUT2D eigenvalue weighted by molar-refractivity contribution is 6.33. The molecule has 2 rings (SSSR count). The molecule has 0 fully saturated rings. The fraction of sp³-hybridized carbons (Fsp3) is 0.125. The van der Waals surface area contributed by atoms with Crippen molar-refractivity contribution in [2.24, 2.45) is 0 Å². The van der Waals surface area contributed by atoms with Gasteiger partial charge in [-0.1, -0.05) is 35.3 Å². The highest BCUT2D eigenvalue weighted by atomic mass is 35.5. The van der Waals surface area contributed by atoms with E-state index in [9.17, 15) is 9.59 Å². The van der Waals surface area contributed by atoms with Gasteiger partial charge in [-0.25, -0.2) is 4.79 Å². The quantitative estimate of drug-likeness (QED) is 0.854. The molecular formula is C16H13Cl2NO3. The number of rotatable bonds is 4. The summed E-state index contributed by atoms with van der Waals surface area (Å²) in [5.41, 5.74) is 1.65. The maximum Gasteiger partial charge on any atom is 0.340 e. The molecule has 0 saturated carbocycles. The normalized spacial score (nSPS) is 10.1. The minimum Gasteiger partial charge on any atom is -0.452 e. The largest absolute Gasteiger partial charge is 0.452 e. The summed E-state index contributed by atoms with van der Waals surface area (Å²) in [6, 6.07) is 11.6. The maximum atomic E-state index is 11.8. The molecule has 0 aliphatic heterocycles. The average Bonchev–Trinajstić information content (AvgIpc) is 2.49. The van der Waals surface area contributed by atoms with E-state index < -0.39 is 18.5 Å². The molecule has 0 aliphatic carbocycles. The number of halogens is 2. The first-order valence-corrected chi connectivity index (χ1v) is 7.20. The third-order valence-electron chi connectivity index (χ3n) is 2.87. The van der Waals surface area contributed by atoms with Crippen molar-refractivity contribution in [3.8, 4) is 0 Å². The summed E-state index contributed by atoms with van der Waals surface area (Å²) in [7, 11) is 0. The molecule has 4 nitrogen and oxygen atoms in total. The highest BCUT2D eigenvalue weighted by Crippen LogP contribution is 2.19. The second kappa shape index (κ2) is 7.29. The van der Waals surface area contributed by atoms with Crippen LogP contribution in [0, 0.1) is 6.92 Å². The van der Waals surface area contributed by atoms with E-state index in [-0.39, 0.29) is 10.6 Å². The number of amides is 1. The van der Waals surface area contributed by atoms with E-state index in [1.54, 1.807) is 36.4 Å². The summed E-state index contributed by atoms with van der Waals surface area (Å²) < 4.78 is 4.94. The Hall–Kier alpha value is -2.04. The van der Waals surface area contributed by atoms with Crippen LogP contribution in [0.3, 0.4) is 0 Å². The molecule has 0 unspecified atom stereocenters. The number of carbonyl (C=O) groups excluding carboxylic acids is 2. The molecule has 6 heteroatoms. The molecular weight excluding hydrogens is 325 g/mol. The standard InChI is InChI=1S/C16H13Cl2NO3/c1-10-8-11(6-7-13(10)17)19-15(20)9-22-16(21)12-4-2-3-5-14(12)18/h2-8H,9H2,1H3,(H,19,20). The van der Waals surface area contributed by atoms with E-state index in [0.717, 1.165) is 5.56 Å². The van der Waals surface area contributed by atoms with Gasteiger partial charge in [-0.15, -0.1) is 0 Å². The van der Waals surface area contributed by atoms with Crippen LogP contribution < -0.4 is 5.32 Å². The molecule has 0 bridgehead atoms. The summed E-state index contributed by atoms with van der Waals surface area (Å²) in [5.74, 6) is -1.09. The van der Waals surface area contributed by atoms with Gasteiger partial charge >= 0.3 is 5.97 Å². The lowest BCUT2D eigenvalue weighted by Gasteiger charge is -2.08. The zero-order valence-electron chi connectivity index (χ0n) is 11.7. The number of esters is 1. The first-order valence-electron chi connectivity index (χ1n) is 6.45. The van der Waals surface area contributed by atoms with Crippen LogP contribution in [0.15, 0.2) is 42.5 Å². The number of carbonyl (C=O) groups is 2. The van der Waals surface area contributed by atoms with Crippen molar-refractivity contribution in [1.82, 2.24) is 0 Å². The van der Waals surface area contributed by atoms with Crippen molar-refractivity contribution in [1.29, 1.82) is 0 Å². The number of ether oxygens (including phenoxy) is 1. The number of anilines is 1. The third kappa shape index (κ3) is 4.23. The van der Waals surface area contributed by atoms with Crippen molar-refractivity contribution in [2.75, 3.05) is 11.9 Å². The van der Waals surface area contributed by atoms with Gasteiger partial charge in [0.15, 0.2) is 6.61 Å². The van der Waals surface area contributed by atoms with E-state index in [2.05, 4.69) is 5.32 Å². The summed E-state index contributed by atoms with van der Waals surface area (Å²) in [5, 5.41) is 3.52. The summed E-state index contributed by atoms with van der Waals surface area (Å²) >= 11 is 11.8. The molecule has 0 saturated heterocycles. The summed E-state index contributed by atoms with van der Waals surface area (Å²) in [6.45, 7) is 1.43. The molecule has 0 atom stereocenters. The Balaban J connectivity index is 1.91. The van der Waals surface area contributed by atoms with E-state index in [0.29, 0.717) is 10.7 Å². The Kier molecular flexibility index (Phi) is 5.41. The number of hydrogen-bond acceptors (Lipinski definition) is 3. The Bertz CT molecular complexity index is 716. The van der Waals surface area contributed by atoms with Crippen LogP contribution in [0.2, 0.25) is 10.0 Å². The van der Waals surface area contributed by atoms with Crippen molar-refractivity contribution in [3.05, 3.63) is 63.6 Å². The lowest BCUT2D eigenvalue weighted by Crippen LogP contribution is -2.21. The number of hydrogen-bond donors (Lipinski definition) is 1. The van der Waals surface area contributed by atoms with Gasteiger partial charge < -0.3 is 10.1 Å². The molecule has 22 heavy (non-hydrogen) atoms. The van der Waals surface area contributed by atoms with Crippen LogP contribution in [0.1, 0.15) is 15.9 Å². The van der Waals surface area contributed by atoms with Crippen LogP contribution >= 0.6 is 23.2 Å². The van der Waals surface area contributed by atoms with Crippen molar-refractivity contribution < 1.29 is 14.3 Å². The highest BCUT2D eigenvalue weighted by Gasteiger charge is 2.13. The third-order valence-corrected chi connectivity index (χ3v) is 3.62. The molecule has 2 aromatic carbocycles. The minimum atomic E-state index is -0.645. The van der Waals surface area contributed by atoms with E-state index in [4.69, 9.17) is 27.9 Å². The number of benzene rings is 2. The fourth-order valence-corrected chi connectivity index (χ4v) is 2.09. The minimum absolute atomic E-state index is 0.222. The maximum absolute atomic E-state index is 11.8. The van der Waals surface area contributed by atoms with Gasteiger partial charge in [0.1, 0.15) is 0 Å². The van der Waals surface area contributed by atoms with Gasteiger partial charge in [0, 0.05) is 10.7 Å². The van der Waals surface area contributed by atoms with Crippen molar-refractivity contribution in [3.63, 3.8) is 0 Å². The molecule has 0 aliphatic rings. The summed E-state index contributed by atoms with van der Waals surface area (Å²) in [4.78, 5) is 23.6. The lowest BCUT2D eigenvalue weighted by atomic mass is 10.2. The topological polar surface area (TPSA) is 55.4 Å². The number of nitrogens with one attached hydrogen (secondary N) is 1. The second-order valence-electron chi connectivity index (χ2n) is 4.57. The fourth-order valence-electron chi connectivity index (χ4n) is 1.76. The van der Waals surface area contributed by atoms with Crippen LogP contribution in [-0.2, 0) is 9.53 Å². The predicted octanol–water partition coefficient (Wildman–Crippen LogP) is 4.10. The molecule has 0 aromatic heterocycles.